The van der Waals surface area contributed by atoms with E-state index in [2.05, 4.69) is 31.2 Å². The van der Waals surface area contributed by atoms with Gasteiger partial charge in [-0.2, -0.15) is 5.10 Å². The van der Waals surface area contributed by atoms with E-state index in [0.29, 0.717) is 6.54 Å². The smallest absolute Gasteiger partial charge is 0.228 e. The monoisotopic (exact) mass is 266 g/mol. The van der Waals surface area contributed by atoms with Crippen LogP contribution in [0.2, 0.25) is 0 Å². The number of nitrogens with one attached hydrogen (secondary N) is 1. The molecule has 0 bridgehead atoms. The zero-order valence-corrected chi connectivity index (χ0v) is 12.7. The fraction of sp³-hybridized carbons (Fsp3) is 0.714. The van der Waals surface area contributed by atoms with Crippen molar-refractivity contribution in [3.8, 4) is 0 Å². The topological polar surface area (TPSA) is 72.9 Å². The largest absolute Gasteiger partial charge is 0.330 e. The molecule has 5 heteroatoms. The van der Waals surface area contributed by atoms with Crippen molar-refractivity contribution in [1.82, 2.24) is 9.78 Å². The molecule has 0 saturated carbocycles. The minimum Gasteiger partial charge on any atom is -0.330 e. The SMILES string of the molecule is CCc1nn(C)cc1NC(=O)C(CN)CC(C)(C)C. The lowest BCUT2D eigenvalue weighted by Crippen LogP contribution is -2.32. The number of rotatable bonds is 5. The molecule has 0 aliphatic heterocycles. The highest BCUT2D eigenvalue weighted by Gasteiger charge is 2.24. The van der Waals surface area contributed by atoms with Crippen LogP contribution in [0, 0.1) is 11.3 Å². The average molecular weight is 266 g/mol. The van der Waals surface area contributed by atoms with Gasteiger partial charge in [-0.3, -0.25) is 9.48 Å². The summed E-state index contributed by atoms with van der Waals surface area (Å²) in [6, 6.07) is 0. The van der Waals surface area contributed by atoms with Crippen LogP contribution < -0.4 is 11.1 Å². The summed E-state index contributed by atoms with van der Waals surface area (Å²) < 4.78 is 1.72. The molecule has 1 amide bonds. The van der Waals surface area contributed by atoms with Gasteiger partial charge in [0.05, 0.1) is 17.3 Å². The number of amides is 1. The maximum atomic E-state index is 12.3. The number of aryl methyl sites for hydroxylation is 2. The first-order valence-corrected chi connectivity index (χ1v) is 6.80. The van der Waals surface area contributed by atoms with Gasteiger partial charge in [-0.05, 0) is 18.3 Å². The number of carbonyl (C=O) groups is 1. The number of anilines is 1. The third-order valence-electron chi connectivity index (χ3n) is 3.01. The molecule has 1 heterocycles. The summed E-state index contributed by atoms with van der Waals surface area (Å²) in [5.74, 6) is -0.176. The van der Waals surface area contributed by atoms with E-state index in [4.69, 9.17) is 5.73 Å². The van der Waals surface area contributed by atoms with Crippen molar-refractivity contribution in [3.05, 3.63) is 11.9 Å². The van der Waals surface area contributed by atoms with Gasteiger partial charge in [0.1, 0.15) is 0 Å². The summed E-state index contributed by atoms with van der Waals surface area (Å²) in [6.07, 6.45) is 3.40. The highest BCUT2D eigenvalue weighted by Crippen LogP contribution is 2.25. The quantitative estimate of drug-likeness (QED) is 0.855. The van der Waals surface area contributed by atoms with Crippen LogP contribution in [0.15, 0.2) is 6.20 Å². The predicted molar refractivity (Wildman–Crippen MR) is 77.8 cm³/mol. The molecule has 0 spiro atoms. The molecule has 1 atom stereocenters. The van der Waals surface area contributed by atoms with Gasteiger partial charge in [0, 0.05) is 19.8 Å². The molecule has 3 N–H and O–H groups in total. The lowest BCUT2D eigenvalue weighted by atomic mass is 9.84. The van der Waals surface area contributed by atoms with Crippen molar-refractivity contribution in [2.24, 2.45) is 24.1 Å². The van der Waals surface area contributed by atoms with Crippen LogP contribution in [0.1, 0.15) is 39.8 Å². The van der Waals surface area contributed by atoms with Gasteiger partial charge in [-0.15, -0.1) is 0 Å². The van der Waals surface area contributed by atoms with Gasteiger partial charge in [-0.1, -0.05) is 27.7 Å². The van der Waals surface area contributed by atoms with Crippen LogP contribution in [0.5, 0.6) is 0 Å². The van der Waals surface area contributed by atoms with Crippen molar-refractivity contribution in [1.29, 1.82) is 0 Å². The van der Waals surface area contributed by atoms with Crippen molar-refractivity contribution >= 4 is 11.6 Å². The molecule has 0 aliphatic rings. The second kappa shape index (κ2) is 6.19. The van der Waals surface area contributed by atoms with Gasteiger partial charge < -0.3 is 11.1 Å². The molecule has 0 fully saturated rings. The summed E-state index contributed by atoms with van der Waals surface area (Å²) >= 11 is 0. The van der Waals surface area contributed by atoms with Gasteiger partial charge in [0.15, 0.2) is 0 Å². The third-order valence-corrected chi connectivity index (χ3v) is 3.01. The summed E-state index contributed by atoms with van der Waals surface area (Å²) in [6.45, 7) is 8.73. The zero-order chi connectivity index (χ0) is 14.6. The van der Waals surface area contributed by atoms with Crippen LogP contribution in [0.3, 0.4) is 0 Å². The highest BCUT2D eigenvalue weighted by atomic mass is 16.1. The molecule has 1 unspecified atom stereocenters. The molecule has 0 saturated heterocycles. The van der Waals surface area contributed by atoms with E-state index < -0.39 is 0 Å². The van der Waals surface area contributed by atoms with Crippen LogP contribution in [0.4, 0.5) is 5.69 Å². The van der Waals surface area contributed by atoms with E-state index in [0.717, 1.165) is 24.2 Å². The number of nitrogens with two attached hydrogens (primary N) is 1. The van der Waals surface area contributed by atoms with Gasteiger partial charge >= 0.3 is 0 Å². The Morgan fingerprint density at radius 2 is 2.16 bits per heavy atom. The number of nitrogens with zero attached hydrogens (tertiary/aromatic N) is 2. The Balaban J connectivity index is 2.76. The normalized spacial score (nSPS) is 13.4. The fourth-order valence-corrected chi connectivity index (χ4v) is 2.16. The van der Waals surface area contributed by atoms with E-state index in [1.165, 1.54) is 0 Å². The molecule has 1 aromatic heterocycles. The van der Waals surface area contributed by atoms with Gasteiger partial charge in [0.25, 0.3) is 0 Å². The van der Waals surface area contributed by atoms with E-state index in [1.54, 1.807) is 4.68 Å². The average Bonchev–Trinajstić information content (AvgIpc) is 2.65. The van der Waals surface area contributed by atoms with Crippen LogP contribution in [0.25, 0.3) is 0 Å². The first kappa shape index (κ1) is 15.7. The third kappa shape index (κ3) is 4.67. The van der Waals surface area contributed by atoms with Crippen molar-refractivity contribution in [2.45, 2.75) is 40.5 Å². The summed E-state index contributed by atoms with van der Waals surface area (Å²) in [7, 11) is 1.85. The molecular formula is C14H26N4O. The van der Waals surface area contributed by atoms with E-state index in [9.17, 15) is 4.79 Å². The van der Waals surface area contributed by atoms with Crippen LogP contribution in [-0.4, -0.2) is 22.2 Å². The summed E-state index contributed by atoms with van der Waals surface area (Å²) in [5.41, 5.74) is 7.51. The lowest BCUT2D eigenvalue weighted by molar-refractivity contribution is -0.120. The Kier molecular flexibility index (Phi) is 5.11. The first-order valence-electron chi connectivity index (χ1n) is 6.80. The molecule has 0 aliphatic carbocycles. The maximum Gasteiger partial charge on any atom is 0.228 e. The minimum atomic E-state index is -0.162. The molecule has 108 valence electrons. The van der Waals surface area contributed by atoms with Gasteiger partial charge in [-0.25, -0.2) is 0 Å². The predicted octanol–water partition coefficient (Wildman–Crippen LogP) is 1.93. The van der Waals surface area contributed by atoms with Crippen molar-refractivity contribution in [3.63, 3.8) is 0 Å². The Morgan fingerprint density at radius 3 is 2.63 bits per heavy atom. The Hall–Kier alpha value is -1.36. The second-order valence-electron chi connectivity index (χ2n) is 6.20. The van der Waals surface area contributed by atoms with Crippen LogP contribution >= 0.6 is 0 Å². The first-order chi connectivity index (χ1) is 8.76. The van der Waals surface area contributed by atoms with Gasteiger partial charge in [0.2, 0.25) is 5.91 Å². The summed E-state index contributed by atoms with van der Waals surface area (Å²) in [4.78, 5) is 12.3. The lowest BCUT2D eigenvalue weighted by Gasteiger charge is -2.24. The summed E-state index contributed by atoms with van der Waals surface area (Å²) in [5, 5.41) is 7.27. The number of aromatic nitrogens is 2. The molecule has 0 radical (unpaired) electrons. The minimum absolute atomic E-state index is 0.0138. The Bertz CT molecular complexity index is 431. The number of hydrogen-bond acceptors (Lipinski definition) is 3. The Morgan fingerprint density at radius 1 is 1.53 bits per heavy atom. The van der Waals surface area contributed by atoms with E-state index in [-0.39, 0.29) is 17.2 Å². The maximum absolute atomic E-state index is 12.3. The van der Waals surface area contributed by atoms with Crippen LogP contribution in [-0.2, 0) is 18.3 Å². The number of hydrogen-bond donors (Lipinski definition) is 2. The zero-order valence-electron chi connectivity index (χ0n) is 12.7. The number of carbonyl (C=O) groups excluding carboxylic acids is 1. The molecule has 0 aromatic carbocycles. The molecule has 5 nitrogen and oxygen atoms in total. The van der Waals surface area contributed by atoms with E-state index in [1.807, 2.05) is 20.2 Å². The molecular weight excluding hydrogens is 240 g/mol. The highest BCUT2D eigenvalue weighted by molar-refractivity contribution is 5.93. The molecule has 1 aromatic rings. The van der Waals surface area contributed by atoms with Crippen molar-refractivity contribution in [2.75, 3.05) is 11.9 Å². The molecule has 1 rings (SSSR count). The van der Waals surface area contributed by atoms with Crippen molar-refractivity contribution < 1.29 is 4.79 Å². The second-order valence-corrected chi connectivity index (χ2v) is 6.20. The Labute approximate surface area is 115 Å². The fourth-order valence-electron chi connectivity index (χ4n) is 2.16. The van der Waals surface area contributed by atoms with E-state index >= 15 is 0 Å². The standard InChI is InChI=1S/C14H26N4O/c1-6-11-12(9-18(5)17-11)16-13(19)10(8-15)7-14(2,3)4/h9-10H,6-8,15H2,1-5H3,(H,16,19). The molecule has 19 heavy (non-hydrogen) atoms.